The van der Waals surface area contributed by atoms with Crippen LogP contribution in [0.2, 0.25) is 0 Å². The monoisotopic (exact) mass is 564 g/mol. The SMILES string of the molecule is C=C(C)/C(Cl)=C\C=C/CCl.CCN(CC)c1nn(C)c2ccc(S(=O)(=O)NCc3cnc(C)cn3)cc12. The Balaban J connectivity index is 0.000000410. The maximum absolute atomic E-state index is 12.7. The van der Waals surface area contributed by atoms with Crippen LogP contribution in [0.5, 0.6) is 0 Å². The van der Waals surface area contributed by atoms with Crippen molar-refractivity contribution in [3.05, 3.63) is 77.4 Å². The molecule has 2 aromatic heterocycles. The fourth-order valence-electron chi connectivity index (χ4n) is 3.26. The number of allylic oxidation sites excluding steroid dienone is 5. The molecule has 0 aliphatic rings. The molecular weight excluding hydrogens is 531 g/mol. The standard InChI is InChI=1S/C18H24N6O2S.C8H10Cl2/c1-5-24(6-2)18-16-9-15(7-8-17(16)23(4)22-18)27(25,26)21-12-14-11-19-13(3)10-20-14;1-7(2)8(10)5-3-4-6-9/h7-11,21H,5-6,12H2,1-4H3;3-5H,1,6H2,2H3/b;4-3-,8-5+. The van der Waals surface area contributed by atoms with Gasteiger partial charge in [-0.3, -0.25) is 14.6 Å². The fraction of sp³-hybridized carbons (Fsp3) is 0.346. The van der Waals surface area contributed by atoms with Gasteiger partial charge in [0.05, 0.1) is 34.5 Å². The smallest absolute Gasteiger partial charge is 0.240 e. The van der Waals surface area contributed by atoms with E-state index in [1.807, 2.05) is 33.0 Å². The number of halogens is 2. The maximum Gasteiger partial charge on any atom is 0.240 e. The summed E-state index contributed by atoms with van der Waals surface area (Å²) in [6, 6.07) is 5.06. The van der Waals surface area contributed by atoms with Gasteiger partial charge in [0, 0.05) is 42.6 Å². The molecule has 1 aromatic carbocycles. The van der Waals surface area contributed by atoms with Gasteiger partial charge in [-0.2, -0.15) is 5.10 Å². The summed E-state index contributed by atoms with van der Waals surface area (Å²) in [6.07, 6.45) is 8.57. The van der Waals surface area contributed by atoms with Gasteiger partial charge in [0.25, 0.3) is 0 Å². The first-order valence-corrected chi connectivity index (χ1v) is 14.2. The minimum absolute atomic E-state index is 0.0869. The van der Waals surface area contributed by atoms with Crippen LogP contribution in [0.4, 0.5) is 5.82 Å². The van der Waals surface area contributed by atoms with Crippen LogP contribution in [0.3, 0.4) is 0 Å². The summed E-state index contributed by atoms with van der Waals surface area (Å²) < 4.78 is 29.8. The van der Waals surface area contributed by atoms with E-state index in [0.717, 1.165) is 41.1 Å². The van der Waals surface area contributed by atoms with E-state index in [0.29, 0.717) is 16.6 Å². The molecule has 0 aliphatic carbocycles. The number of nitrogens with one attached hydrogen (secondary N) is 1. The Bertz CT molecular complexity index is 1360. The minimum Gasteiger partial charge on any atom is -0.355 e. The molecule has 37 heavy (non-hydrogen) atoms. The molecule has 11 heteroatoms. The molecule has 3 rings (SSSR count). The van der Waals surface area contributed by atoms with Gasteiger partial charge in [0.2, 0.25) is 10.0 Å². The number of alkyl halides is 1. The van der Waals surface area contributed by atoms with Crippen LogP contribution >= 0.6 is 23.2 Å². The summed E-state index contributed by atoms with van der Waals surface area (Å²) in [5.74, 6) is 1.30. The van der Waals surface area contributed by atoms with E-state index < -0.39 is 10.0 Å². The highest BCUT2D eigenvalue weighted by atomic mass is 35.5. The third kappa shape index (κ3) is 8.67. The number of hydrogen-bond acceptors (Lipinski definition) is 6. The van der Waals surface area contributed by atoms with Gasteiger partial charge in [0.1, 0.15) is 0 Å². The van der Waals surface area contributed by atoms with Crippen molar-refractivity contribution in [1.82, 2.24) is 24.5 Å². The molecule has 0 bridgehead atoms. The predicted molar refractivity (Wildman–Crippen MR) is 154 cm³/mol. The van der Waals surface area contributed by atoms with Gasteiger partial charge in [-0.05, 0) is 57.5 Å². The first-order valence-electron chi connectivity index (χ1n) is 11.8. The molecule has 0 spiro atoms. The van der Waals surface area contributed by atoms with E-state index >= 15 is 0 Å². The lowest BCUT2D eigenvalue weighted by atomic mass is 10.2. The molecule has 0 atom stereocenters. The summed E-state index contributed by atoms with van der Waals surface area (Å²) >= 11 is 11.1. The molecule has 0 aliphatic heterocycles. The summed E-state index contributed by atoms with van der Waals surface area (Å²) in [7, 11) is -1.82. The normalized spacial score (nSPS) is 12.0. The van der Waals surface area contributed by atoms with Crippen molar-refractivity contribution < 1.29 is 8.42 Å². The first-order chi connectivity index (χ1) is 17.5. The molecular formula is C26H34Cl2N6O2S. The Kier molecular flexibility index (Phi) is 11.8. The van der Waals surface area contributed by atoms with Gasteiger partial charge < -0.3 is 4.90 Å². The summed E-state index contributed by atoms with van der Waals surface area (Å²) in [6.45, 7) is 13.1. The summed E-state index contributed by atoms with van der Waals surface area (Å²) in [4.78, 5) is 10.6. The van der Waals surface area contributed by atoms with Crippen LogP contribution in [0.1, 0.15) is 32.2 Å². The van der Waals surface area contributed by atoms with Crippen molar-refractivity contribution in [2.45, 2.75) is 39.1 Å². The van der Waals surface area contributed by atoms with E-state index in [1.54, 1.807) is 41.4 Å². The molecule has 200 valence electrons. The van der Waals surface area contributed by atoms with Crippen LogP contribution in [0.25, 0.3) is 10.9 Å². The van der Waals surface area contributed by atoms with E-state index in [2.05, 4.69) is 45.1 Å². The van der Waals surface area contributed by atoms with Gasteiger partial charge in [0.15, 0.2) is 5.82 Å². The quantitative estimate of drug-likeness (QED) is 0.259. The van der Waals surface area contributed by atoms with Crippen LogP contribution in [-0.4, -0.2) is 47.1 Å². The Morgan fingerprint density at radius 3 is 2.49 bits per heavy atom. The van der Waals surface area contributed by atoms with Gasteiger partial charge >= 0.3 is 0 Å². The molecule has 1 N–H and O–H groups in total. The summed E-state index contributed by atoms with van der Waals surface area (Å²) in [5, 5.41) is 6.05. The number of benzene rings is 1. The molecule has 0 saturated carbocycles. The highest BCUT2D eigenvalue weighted by Crippen LogP contribution is 2.28. The molecule has 0 unspecified atom stereocenters. The Labute approximate surface area is 229 Å². The number of sulfonamides is 1. The lowest BCUT2D eigenvalue weighted by Crippen LogP contribution is -2.24. The fourth-order valence-corrected chi connectivity index (χ4v) is 4.46. The average molecular weight is 566 g/mol. The van der Waals surface area contributed by atoms with E-state index in [1.165, 1.54) is 0 Å². The molecule has 0 fully saturated rings. The number of anilines is 1. The van der Waals surface area contributed by atoms with Crippen LogP contribution < -0.4 is 9.62 Å². The van der Waals surface area contributed by atoms with Crippen LogP contribution in [-0.2, 0) is 23.6 Å². The molecule has 2 heterocycles. The topological polar surface area (TPSA) is 93.0 Å². The lowest BCUT2D eigenvalue weighted by molar-refractivity contribution is 0.580. The zero-order chi connectivity index (χ0) is 27.6. The third-order valence-electron chi connectivity index (χ3n) is 5.33. The highest BCUT2D eigenvalue weighted by molar-refractivity contribution is 7.89. The number of nitrogens with zero attached hydrogens (tertiary/aromatic N) is 5. The highest BCUT2D eigenvalue weighted by Gasteiger charge is 2.19. The second-order valence-electron chi connectivity index (χ2n) is 8.15. The third-order valence-corrected chi connectivity index (χ3v) is 7.35. The van der Waals surface area contributed by atoms with Crippen LogP contribution in [0, 0.1) is 6.92 Å². The Hall–Kier alpha value is -2.72. The van der Waals surface area contributed by atoms with Crippen molar-refractivity contribution in [2.24, 2.45) is 7.05 Å². The first kappa shape index (κ1) is 30.5. The van der Waals surface area contributed by atoms with Crippen molar-refractivity contribution in [1.29, 1.82) is 0 Å². The molecule has 0 saturated heterocycles. The second kappa shape index (κ2) is 14.3. The number of hydrogen-bond donors (Lipinski definition) is 1. The van der Waals surface area contributed by atoms with Crippen molar-refractivity contribution in [3.63, 3.8) is 0 Å². The van der Waals surface area contributed by atoms with Gasteiger partial charge in [-0.25, -0.2) is 13.1 Å². The van der Waals surface area contributed by atoms with Crippen molar-refractivity contribution >= 4 is 49.9 Å². The predicted octanol–water partition coefficient (Wildman–Crippen LogP) is 5.48. The Morgan fingerprint density at radius 1 is 1.22 bits per heavy atom. The van der Waals surface area contributed by atoms with Crippen molar-refractivity contribution in [3.8, 4) is 0 Å². The zero-order valence-corrected chi connectivity index (χ0v) is 24.2. The molecule has 0 amide bonds. The van der Waals surface area contributed by atoms with Gasteiger partial charge in [-0.15, -0.1) is 11.6 Å². The minimum atomic E-state index is -3.68. The van der Waals surface area contributed by atoms with E-state index in [9.17, 15) is 8.42 Å². The largest absolute Gasteiger partial charge is 0.355 e. The summed E-state index contributed by atoms with van der Waals surface area (Å²) in [5.41, 5.74) is 3.10. The Morgan fingerprint density at radius 2 is 1.92 bits per heavy atom. The van der Waals surface area contributed by atoms with Crippen LogP contribution in [0.15, 0.2) is 70.9 Å². The number of fused-ring (bicyclic) bond motifs is 1. The maximum atomic E-state index is 12.7. The van der Waals surface area contributed by atoms with Crippen molar-refractivity contribution in [2.75, 3.05) is 23.9 Å². The number of aromatic nitrogens is 4. The lowest BCUT2D eigenvalue weighted by Gasteiger charge is -2.18. The second-order valence-corrected chi connectivity index (χ2v) is 10.6. The number of aryl methyl sites for hydroxylation is 2. The van der Waals surface area contributed by atoms with Gasteiger partial charge in [-0.1, -0.05) is 30.3 Å². The molecule has 3 aromatic rings. The van der Waals surface area contributed by atoms with E-state index in [4.69, 9.17) is 23.2 Å². The zero-order valence-electron chi connectivity index (χ0n) is 21.9. The van der Waals surface area contributed by atoms with E-state index in [-0.39, 0.29) is 11.4 Å². The average Bonchev–Trinajstić information content (AvgIpc) is 3.20. The molecule has 8 nitrogen and oxygen atoms in total. The number of rotatable bonds is 10. The molecule has 0 radical (unpaired) electrons.